The largest absolute Gasteiger partial charge is 0.0628 e. The van der Waals surface area contributed by atoms with Gasteiger partial charge in [-0.05, 0) is 109 Å². The maximum Gasteiger partial charge on any atom is -0.0298 e. The molecule has 0 N–H and O–H groups in total. The standard InChI is InChI=1S/2C13H28.C12H26/c2*1-10(2)8-13(7,12(5)6)9-11(3)4;1-9(2)7-12(11(5)6)8-10(3)4/h2*10-12H,8-9H2,1-7H3;9-12H,7-8H2,1-6H3. The maximum atomic E-state index is 2.46. The van der Waals surface area contributed by atoms with Crippen molar-refractivity contribution in [2.24, 2.45) is 70.0 Å². The Balaban J connectivity index is -0.000000484. The fourth-order valence-corrected chi connectivity index (χ4v) is 6.69. The van der Waals surface area contributed by atoms with Crippen molar-refractivity contribution in [3.05, 3.63) is 0 Å². The Morgan fingerprint density at radius 1 is 0.342 bits per heavy atom. The first-order chi connectivity index (χ1) is 17.0. The Hall–Kier alpha value is 0. The van der Waals surface area contributed by atoms with Gasteiger partial charge < -0.3 is 0 Å². The molecule has 0 aromatic rings. The van der Waals surface area contributed by atoms with Gasteiger partial charge in [0.15, 0.2) is 0 Å². The normalized spacial score (nSPS) is 13.1. The van der Waals surface area contributed by atoms with Gasteiger partial charge in [-0.25, -0.2) is 0 Å². The molecule has 38 heavy (non-hydrogen) atoms. The summed E-state index contributed by atoms with van der Waals surface area (Å²) < 4.78 is 0. The van der Waals surface area contributed by atoms with E-state index in [9.17, 15) is 0 Å². The lowest BCUT2D eigenvalue weighted by atomic mass is 9.69. The third-order valence-electron chi connectivity index (χ3n) is 8.78. The van der Waals surface area contributed by atoms with Crippen LogP contribution in [-0.2, 0) is 0 Å². The first kappa shape index (κ1) is 42.5. The van der Waals surface area contributed by atoms with Crippen LogP contribution in [0, 0.1) is 70.0 Å². The molecule has 0 aromatic carbocycles. The topological polar surface area (TPSA) is 0 Å². The third-order valence-corrected chi connectivity index (χ3v) is 8.78. The molecule has 0 nitrogen and oxygen atoms in total. The third kappa shape index (κ3) is 22.8. The predicted molar refractivity (Wildman–Crippen MR) is 181 cm³/mol. The second kappa shape index (κ2) is 20.8. The average Bonchev–Trinajstić information content (AvgIpc) is 2.64. The molecule has 0 bridgehead atoms. The van der Waals surface area contributed by atoms with Crippen molar-refractivity contribution < 1.29 is 0 Å². The molecule has 0 fully saturated rings. The summed E-state index contributed by atoms with van der Waals surface area (Å²) in [5.74, 6) is 8.41. The van der Waals surface area contributed by atoms with E-state index < -0.39 is 0 Å². The van der Waals surface area contributed by atoms with Crippen molar-refractivity contribution in [2.45, 2.75) is 177 Å². The lowest BCUT2D eigenvalue weighted by Crippen LogP contribution is -2.27. The Bertz CT molecular complexity index is 450. The predicted octanol–water partition coefficient (Wildman–Crippen LogP) is 13.8. The number of hydrogen-bond acceptors (Lipinski definition) is 0. The molecule has 234 valence electrons. The first-order valence-electron chi connectivity index (χ1n) is 17.0. The van der Waals surface area contributed by atoms with E-state index in [0.29, 0.717) is 10.8 Å². The molecule has 0 aliphatic heterocycles. The molecule has 0 unspecified atom stereocenters. The van der Waals surface area contributed by atoms with Gasteiger partial charge in [0.25, 0.3) is 0 Å². The van der Waals surface area contributed by atoms with Crippen molar-refractivity contribution in [2.75, 3.05) is 0 Å². The molecule has 0 radical (unpaired) electrons. The van der Waals surface area contributed by atoms with Crippen molar-refractivity contribution in [3.63, 3.8) is 0 Å². The van der Waals surface area contributed by atoms with Crippen molar-refractivity contribution in [1.29, 1.82) is 0 Å². The van der Waals surface area contributed by atoms with Gasteiger partial charge in [-0.2, -0.15) is 0 Å². The van der Waals surface area contributed by atoms with E-state index in [4.69, 9.17) is 0 Å². The molecule has 0 heteroatoms. The SMILES string of the molecule is CC(C)CC(C)(CC(C)C)C(C)C.CC(C)CC(C)(CC(C)C)C(C)C.CC(C)CC(CC(C)C)C(C)C. The quantitative estimate of drug-likeness (QED) is 0.194. The van der Waals surface area contributed by atoms with Crippen LogP contribution in [0.1, 0.15) is 177 Å². The van der Waals surface area contributed by atoms with Crippen molar-refractivity contribution in [3.8, 4) is 0 Å². The minimum Gasteiger partial charge on any atom is -0.0628 e. The summed E-state index contributed by atoms with van der Waals surface area (Å²) in [6, 6.07) is 0. The first-order valence-corrected chi connectivity index (χ1v) is 17.0. The molecule has 0 atom stereocenters. The number of hydrogen-bond donors (Lipinski definition) is 0. The van der Waals surface area contributed by atoms with Crippen LogP contribution in [0.25, 0.3) is 0 Å². The van der Waals surface area contributed by atoms with Gasteiger partial charge in [0, 0.05) is 0 Å². The van der Waals surface area contributed by atoms with Gasteiger partial charge in [0.05, 0.1) is 0 Å². The molecule has 0 aliphatic carbocycles. The summed E-state index contributed by atoms with van der Waals surface area (Å²) in [6.45, 7) is 47.1. The van der Waals surface area contributed by atoms with Crippen LogP contribution in [0.15, 0.2) is 0 Å². The van der Waals surface area contributed by atoms with E-state index in [-0.39, 0.29) is 0 Å². The van der Waals surface area contributed by atoms with E-state index in [1.165, 1.54) is 38.5 Å². The van der Waals surface area contributed by atoms with Crippen LogP contribution in [-0.4, -0.2) is 0 Å². The summed E-state index contributed by atoms with van der Waals surface area (Å²) in [5, 5.41) is 0. The maximum absolute atomic E-state index is 2.46. The van der Waals surface area contributed by atoms with Gasteiger partial charge in [0.1, 0.15) is 0 Å². The molecule has 0 aromatic heterocycles. The highest BCUT2D eigenvalue weighted by molar-refractivity contribution is 4.81. The average molecular weight is 539 g/mol. The summed E-state index contributed by atoms with van der Waals surface area (Å²) in [5.41, 5.74) is 1.09. The summed E-state index contributed by atoms with van der Waals surface area (Å²) in [6.07, 6.45) is 8.25. The van der Waals surface area contributed by atoms with E-state index in [1.54, 1.807) is 0 Å². The molecule has 0 saturated heterocycles. The van der Waals surface area contributed by atoms with Crippen molar-refractivity contribution in [1.82, 2.24) is 0 Å². The van der Waals surface area contributed by atoms with Crippen LogP contribution in [0.4, 0.5) is 0 Å². The van der Waals surface area contributed by atoms with Gasteiger partial charge in [-0.1, -0.05) is 138 Å². The second-order valence-electron chi connectivity index (χ2n) is 17.3. The van der Waals surface area contributed by atoms with E-state index in [0.717, 1.165) is 59.2 Å². The fraction of sp³-hybridized carbons (Fsp3) is 1.00. The number of rotatable bonds is 15. The minimum absolute atomic E-state index is 0.544. The molecular weight excluding hydrogens is 456 g/mol. The van der Waals surface area contributed by atoms with Crippen molar-refractivity contribution >= 4 is 0 Å². The minimum atomic E-state index is 0.544. The fourth-order valence-electron chi connectivity index (χ4n) is 6.69. The summed E-state index contributed by atoms with van der Waals surface area (Å²) >= 11 is 0. The van der Waals surface area contributed by atoms with E-state index >= 15 is 0 Å². The highest BCUT2D eigenvalue weighted by atomic mass is 14.4. The van der Waals surface area contributed by atoms with E-state index in [2.05, 4.69) is 138 Å². The monoisotopic (exact) mass is 539 g/mol. The highest BCUT2D eigenvalue weighted by Gasteiger charge is 2.30. The zero-order valence-corrected chi connectivity index (χ0v) is 31.0. The highest BCUT2D eigenvalue weighted by Crippen LogP contribution is 2.40. The van der Waals surface area contributed by atoms with Gasteiger partial charge >= 0.3 is 0 Å². The van der Waals surface area contributed by atoms with Gasteiger partial charge in [-0.15, -0.1) is 0 Å². The van der Waals surface area contributed by atoms with Gasteiger partial charge in [0.2, 0.25) is 0 Å². The molecule has 0 amide bonds. The lowest BCUT2D eigenvalue weighted by Gasteiger charge is -2.37. The molecule has 0 heterocycles. The summed E-state index contributed by atoms with van der Waals surface area (Å²) in [4.78, 5) is 0. The Labute approximate surface area is 246 Å². The summed E-state index contributed by atoms with van der Waals surface area (Å²) in [7, 11) is 0. The van der Waals surface area contributed by atoms with Crippen LogP contribution in [0.3, 0.4) is 0 Å². The van der Waals surface area contributed by atoms with Gasteiger partial charge in [-0.3, -0.25) is 0 Å². The zero-order chi connectivity index (χ0) is 31.0. The Kier molecular flexibility index (Phi) is 23.3. The molecule has 0 rings (SSSR count). The molecule has 0 spiro atoms. The molecule has 0 saturated carbocycles. The lowest BCUT2D eigenvalue weighted by molar-refractivity contribution is 0.135. The Morgan fingerprint density at radius 3 is 0.658 bits per heavy atom. The molecule has 0 aliphatic rings. The second-order valence-corrected chi connectivity index (χ2v) is 17.3. The van der Waals surface area contributed by atoms with Crippen LogP contribution in [0.5, 0.6) is 0 Å². The van der Waals surface area contributed by atoms with Crippen LogP contribution in [0.2, 0.25) is 0 Å². The zero-order valence-electron chi connectivity index (χ0n) is 31.0. The van der Waals surface area contributed by atoms with E-state index in [1.807, 2.05) is 0 Å². The molecular formula is C38H82. The smallest absolute Gasteiger partial charge is 0.0298 e. The van der Waals surface area contributed by atoms with Crippen LogP contribution >= 0.6 is 0 Å². The van der Waals surface area contributed by atoms with Crippen LogP contribution < -0.4 is 0 Å². The Morgan fingerprint density at radius 2 is 0.553 bits per heavy atom.